The average Bonchev–Trinajstić information content (AvgIpc) is 2.17. The second kappa shape index (κ2) is 4.73. The molecule has 1 N–H and O–H groups in total. The van der Waals surface area contributed by atoms with Crippen LogP contribution in [0.5, 0.6) is 0 Å². The van der Waals surface area contributed by atoms with Gasteiger partial charge in [-0.2, -0.15) is 0 Å². The van der Waals surface area contributed by atoms with Gasteiger partial charge in [0.25, 0.3) is 0 Å². The van der Waals surface area contributed by atoms with Crippen LogP contribution < -0.4 is 0 Å². The second-order valence-corrected chi connectivity index (χ2v) is 3.68. The summed E-state index contributed by atoms with van der Waals surface area (Å²) in [5.74, 6) is -0.811. The van der Waals surface area contributed by atoms with Crippen molar-refractivity contribution in [3.8, 4) is 0 Å². The Bertz CT molecular complexity index is 365. The molecule has 0 spiro atoms. The minimum Gasteiger partial charge on any atom is -0.481 e. The van der Waals surface area contributed by atoms with Crippen molar-refractivity contribution in [3.05, 3.63) is 35.4 Å². The van der Waals surface area contributed by atoms with Gasteiger partial charge in [-0.25, -0.2) is 0 Å². The topological polar surface area (TPSA) is 54.4 Å². The van der Waals surface area contributed by atoms with Crippen LogP contribution in [0, 0.1) is 0 Å². The molecule has 3 heteroatoms. The normalized spacial score (nSPS) is 12.1. The molecular weight excluding hydrogens is 192 g/mol. The van der Waals surface area contributed by atoms with E-state index in [1.54, 1.807) is 12.1 Å². The number of benzene rings is 1. The molecule has 1 aromatic rings. The molecule has 0 saturated heterocycles. The van der Waals surface area contributed by atoms with Gasteiger partial charge < -0.3 is 5.11 Å². The molecule has 0 aliphatic carbocycles. The fourth-order valence-corrected chi connectivity index (χ4v) is 1.43. The van der Waals surface area contributed by atoms with Crippen molar-refractivity contribution in [2.45, 2.75) is 26.2 Å². The van der Waals surface area contributed by atoms with Crippen molar-refractivity contribution in [3.63, 3.8) is 0 Å². The molecule has 0 radical (unpaired) electrons. The van der Waals surface area contributed by atoms with Gasteiger partial charge >= 0.3 is 5.97 Å². The monoisotopic (exact) mass is 206 g/mol. The maximum atomic E-state index is 11.0. The van der Waals surface area contributed by atoms with Crippen LogP contribution in [0.2, 0.25) is 0 Å². The fraction of sp³-hybridized carbons (Fsp3) is 0.333. The minimum absolute atomic E-state index is 0.0208. The largest absolute Gasteiger partial charge is 0.481 e. The predicted molar refractivity (Wildman–Crippen MR) is 57.1 cm³/mol. The highest BCUT2D eigenvalue weighted by Crippen LogP contribution is 2.19. The lowest BCUT2D eigenvalue weighted by Crippen LogP contribution is -2.03. The van der Waals surface area contributed by atoms with E-state index in [4.69, 9.17) is 5.11 Å². The number of carboxylic acids is 1. The molecule has 0 aromatic heterocycles. The summed E-state index contributed by atoms with van der Waals surface area (Å²) < 4.78 is 0. The van der Waals surface area contributed by atoms with Gasteiger partial charge in [0.2, 0.25) is 0 Å². The van der Waals surface area contributed by atoms with Crippen molar-refractivity contribution in [2.75, 3.05) is 0 Å². The lowest BCUT2D eigenvalue weighted by Gasteiger charge is -2.09. The fourth-order valence-electron chi connectivity index (χ4n) is 1.43. The first-order valence-electron chi connectivity index (χ1n) is 4.83. The van der Waals surface area contributed by atoms with Crippen molar-refractivity contribution < 1.29 is 14.7 Å². The Balaban J connectivity index is 2.79. The van der Waals surface area contributed by atoms with Crippen molar-refractivity contribution >= 4 is 11.8 Å². The summed E-state index contributed by atoms with van der Waals surface area (Å²) in [6.45, 7) is 3.37. The summed E-state index contributed by atoms with van der Waals surface area (Å²) in [5, 5.41) is 8.63. The quantitative estimate of drug-likeness (QED) is 0.770. The number of Topliss-reactive ketones (excluding diaryl/α,β-unsaturated/α-hetero) is 1. The van der Waals surface area contributed by atoms with Crippen LogP contribution in [0.3, 0.4) is 0 Å². The molecule has 0 heterocycles. The van der Waals surface area contributed by atoms with Crippen molar-refractivity contribution in [1.29, 1.82) is 0 Å². The number of carboxylic acid groups (broad SMARTS) is 1. The summed E-state index contributed by atoms with van der Waals surface area (Å²) in [6.07, 6.45) is 0.111. The number of hydrogen-bond acceptors (Lipinski definition) is 2. The molecular formula is C12H14O3. The van der Waals surface area contributed by atoms with Crippen LogP contribution in [0.1, 0.15) is 42.1 Å². The van der Waals surface area contributed by atoms with E-state index in [0.717, 1.165) is 5.56 Å². The molecule has 1 rings (SSSR count). The van der Waals surface area contributed by atoms with Crippen LogP contribution in [-0.4, -0.2) is 16.9 Å². The zero-order valence-corrected chi connectivity index (χ0v) is 8.86. The molecule has 0 saturated carbocycles. The molecule has 0 unspecified atom stereocenters. The Morgan fingerprint density at radius 2 is 1.80 bits per heavy atom. The van der Waals surface area contributed by atoms with E-state index in [1.807, 2.05) is 19.1 Å². The van der Waals surface area contributed by atoms with Gasteiger partial charge in [0, 0.05) is 5.56 Å². The summed E-state index contributed by atoms with van der Waals surface area (Å²) in [7, 11) is 0. The Morgan fingerprint density at radius 3 is 2.20 bits per heavy atom. The van der Waals surface area contributed by atoms with Gasteiger partial charge in [0.05, 0.1) is 6.42 Å². The molecule has 80 valence electrons. The van der Waals surface area contributed by atoms with Gasteiger partial charge in [-0.1, -0.05) is 31.2 Å². The summed E-state index contributed by atoms with van der Waals surface area (Å²) in [5.41, 5.74) is 1.60. The van der Waals surface area contributed by atoms with Gasteiger partial charge in [-0.3, -0.25) is 9.59 Å². The van der Waals surface area contributed by atoms with Gasteiger partial charge in [0.1, 0.15) is 0 Å². The molecule has 3 nitrogen and oxygen atoms in total. The number of ketones is 1. The van der Waals surface area contributed by atoms with E-state index in [9.17, 15) is 9.59 Å². The average molecular weight is 206 g/mol. The van der Waals surface area contributed by atoms with Crippen LogP contribution >= 0.6 is 0 Å². The van der Waals surface area contributed by atoms with E-state index in [-0.39, 0.29) is 18.1 Å². The number of rotatable bonds is 4. The zero-order valence-electron chi connectivity index (χ0n) is 8.86. The standard InChI is InChI=1S/C12H14O3/c1-8(7-12(14)15)10-3-5-11(6-4-10)9(2)13/h3-6,8H,7H2,1-2H3,(H,14,15)/t8-/m1/s1. The number of carbonyl (C=O) groups excluding carboxylic acids is 1. The molecule has 0 aliphatic heterocycles. The van der Waals surface area contributed by atoms with Crippen molar-refractivity contribution in [1.82, 2.24) is 0 Å². The van der Waals surface area contributed by atoms with Gasteiger partial charge in [0.15, 0.2) is 5.78 Å². The number of hydrogen-bond donors (Lipinski definition) is 1. The Kier molecular flexibility index (Phi) is 3.61. The van der Waals surface area contributed by atoms with E-state index in [2.05, 4.69) is 0 Å². The third-order valence-electron chi connectivity index (χ3n) is 2.37. The third-order valence-corrected chi connectivity index (χ3v) is 2.37. The summed E-state index contributed by atoms with van der Waals surface area (Å²) in [4.78, 5) is 21.5. The SMILES string of the molecule is CC(=O)c1ccc([C@H](C)CC(=O)O)cc1. The third kappa shape index (κ3) is 3.20. The smallest absolute Gasteiger partial charge is 0.303 e. The lowest BCUT2D eigenvalue weighted by atomic mass is 9.96. The molecule has 0 fully saturated rings. The first kappa shape index (κ1) is 11.4. The molecule has 0 amide bonds. The molecule has 0 bridgehead atoms. The maximum Gasteiger partial charge on any atom is 0.303 e. The summed E-state index contributed by atoms with van der Waals surface area (Å²) in [6, 6.07) is 7.08. The number of aliphatic carboxylic acids is 1. The van der Waals surface area contributed by atoms with E-state index < -0.39 is 5.97 Å². The highest BCUT2D eigenvalue weighted by atomic mass is 16.4. The lowest BCUT2D eigenvalue weighted by molar-refractivity contribution is -0.137. The molecule has 1 aromatic carbocycles. The van der Waals surface area contributed by atoms with E-state index >= 15 is 0 Å². The van der Waals surface area contributed by atoms with Crippen LogP contribution in [0.25, 0.3) is 0 Å². The first-order valence-corrected chi connectivity index (χ1v) is 4.83. The predicted octanol–water partition coefficient (Wildman–Crippen LogP) is 2.47. The van der Waals surface area contributed by atoms with E-state index in [0.29, 0.717) is 5.56 Å². The molecule has 15 heavy (non-hydrogen) atoms. The highest BCUT2D eigenvalue weighted by Gasteiger charge is 2.10. The van der Waals surface area contributed by atoms with E-state index in [1.165, 1.54) is 6.92 Å². The minimum atomic E-state index is -0.807. The second-order valence-electron chi connectivity index (χ2n) is 3.68. The molecule has 1 atom stereocenters. The summed E-state index contributed by atoms with van der Waals surface area (Å²) >= 11 is 0. The van der Waals surface area contributed by atoms with Crippen LogP contribution in [0.15, 0.2) is 24.3 Å². The van der Waals surface area contributed by atoms with Crippen LogP contribution in [0.4, 0.5) is 0 Å². The highest BCUT2D eigenvalue weighted by molar-refractivity contribution is 5.94. The van der Waals surface area contributed by atoms with Gasteiger partial charge in [-0.15, -0.1) is 0 Å². The Morgan fingerprint density at radius 1 is 1.27 bits per heavy atom. The number of carbonyl (C=O) groups is 2. The Labute approximate surface area is 88.7 Å². The van der Waals surface area contributed by atoms with Crippen LogP contribution in [-0.2, 0) is 4.79 Å². The molecule has 0 aliphatic rings. The van der Waals surface area contributed by atoms with Gasteiger partial charge in [-0.05, 0) is 18.4 Å². The Hall–Kier alpha value is -1.64. The first-order chi connectivity index (χ1) is 7.00. The zero-order chi connectivity index (χ0) is 11.4. The van der Waals surface area contributed by atoms with Crippen molar-refractivity contribution in [2.24, 2.45) is 0 Å². The maximum absolute atomic E-state index is 11.0.